The van der Waals surface area contributed by atoms with E-state index >= 15 is 0 Å². The predicted molar refractivity (Wildman–Crippen MR) is 80.7 cm³/mol. The highest BCUT2D eigenvalue weighted by atomic mass is 16.4. The molecule has 1 amide bonds. The number of nitrogens with zero attached hydrogens (tertiary/aromatic N) is 1. The van der Waals surface area contributed by atoms with Crippen molar-refractivity contribution in [1.29, 1.82) is 0 Å². The number of carbonyl (C=O) groups excluding carboxylic acids is 1. The van der Waals surface area contributed by atoms with Crippen LogP contribution in [0.25, 0.3) is 11.1 Å². The number of carboxylic acid groups (broad SMARTS) is 1. The van der Waals surface area contributed by atoms with Crippen LogP contribution in [0.3, 0.4) is 0 Å². The van der Waals surface area contributed by atoms with Gasteiger partial charge in [-0.2, -0.15) is 0 Å². The van der Waals surface area contributed by atoms with E-state index in [0.717, 1.165) is 5.56 Å². The Morgan fingerprint density at radius 2 is 1.86 bits per heavy atom. The van der Waals surface area contributed by atoms with Gasteiger partial charge in [-0.15, -0.1) is 0 Å². The third-order valence-corrected chi connectivity index (χ3v) is 3.43. The monoisotopic (exact) mass is 301 g/mol. The predicted octanol–water partition coefficient (Wildman–Crippen LogP) is 1.45. The van der Waals surface area contributed by atoms with Gasteiger partial charge in [0, 0.05) is 5.56 Å². The number of phenols is 1. The first-order valence-electron chi connectivity index (χ1n) is 6.37. The first-order valence-corrected chi connectivity index (χ1v) is 6.37. The minimum atomic E-state index is -1.31. The summed E-state index contributed by atoms with van der Waals surface area (Å²) in [5.41, 5.74) is 12.6. The van der Waals surface area contributed by atoms with Crippen molar-refractivity contribution in [2.75, 3.05) is 5.73 Å². The Bertz CT molecular complexity index is 800. The molecule has 2 rings (SSSR count). The fraction of sp³-hybridized carbons (Fsp3) is 0.133. The zero-order valence-electron chi connectivity index (χ0n) is 12.0. The van der Waals surface area contributed by atoms with E-state index in [1.165, 1.54) is 12.1 Å². The van der Waals surface area contributed by atoms with Gasteiger partial charge >= 0.3 is 5.97 Å². The van der Waals surface area contributed by atoms with Crippen LogP contribution in [0.1, 0.15) is 32.1 Å². The molecule has 22 heavy (non-hydrogen) atoms. The topological polar surface area (TPSA) is 140 Å². The third-order valence-electron chi connectivity index (χ3n) is 3.43. The van der Waals surface area contributed by atoms with E-state index in [1.807, 2.05) is 0 Å². The number of anilines is 1. The number of aromatic carboxylic acids is 1. The number of hydrogen-bond acceptors (Lipinski definition) is 5. The van der Waals surface area contributed by atoms with Crippen LogP contribution in [0.5, 0.6) is 5.75 Å². The maximum atomic E-state index is 11.5. The molecule has 0 aliphatic rings. The first-order chi connectivity index (χ1) is 10.2. The highest BCUT2D eigenvalue weighted by Crippen LogP contribution is 2.37. The molecule has 0 bridgehead atoms. The quantitative estimate of drug-likeness (QED) is 0.676. The van der Waals surface area contributed by atoms with Gasteiger partial charge in [0.25, 0.3) is 5.91 Å². The molecule has 0 fully saturated rings. The second-order valence-electron chi connectivity index (χ2n) is 4.89. The number of hydrogen-bond donors (Lipinski definition) is 4. The van der Waals surface area contributed by atoms with Crippen LogP contribution in [0, 0.1) is 13.8 Å². The van der Waals surface area contributed by atoms with Crippen LogP contribution in [0.15, 0.2) is 18.2 Å². The van der Waals surface area contributed by atoms with Crippen molar-refractivity contribution in [1.82, 2.24) is 4.98 Å². The fourth-order valence-electron chi connectivity index (χ4n) is 2.31. The molecule has 1 aromatic heterocycles. The van der Waals surface area contributed by atoms with Gasteiger partial charge in [-0.25, -0.2) is 9.78 Å². The van der Waals surface area contributed by atoms with Crippen molar-refractivity contribution in [3.63, 3.8) is 0 Å². The highest BCUT2D eigenvalue weighted by Gasteiger charge is 2.21. The van der Waals surface area contributed by atoms with E-state index in [2.05, 4.69) is 4.98 Å². The van der Waals surface area contributed by atoms with Crippen molar-refractivity contribution in [2.45, 2.75) is 13.8 Å². The number of nitrogen functional groups attached to an aromatic ring is 1. The maximum Gasteiger partial charge on any atom is 0.354 e. The van der Waals surface area contributed by atoms with E-state index in [-0.39, 0.29) is 22.8 Å². The largest absolute Gasteiger partial charge is 0.508 e. The Hall–Kier alpha value is -3.09. The average Bonchev–Trinajstić information content (AvgIpc) is 2.44. The summed E-state index contributed by atoms with van der Waals surface area (Å²) in [5.74, 6) is -2.19. The van der Waals surface area contributed by atoms with Gasteiger partial charge in [0.1, 0.15) is 11.4 Å². The number of aryl methyl sites for hydroxylation is 1. The number of aromatic hydroxyl groups is 1. The number of amides is 1. The molecule has 0 spiro atoms. The van der Waals surface area contributed by atoms with Gasteiger partial charge < -0.3 is 21.7 Å². The van der Waals surface area contributed by atoms with E-state index < -0.39 is 11.9 Å². The van der Waals surface area contributed by atoms with Crippen LogP contribution in [0.4, 0.5) is 5.69 Å². The molecule has 0 aliphatic heterocycles. The summed E-state index contributed by atoms with van der Waals surface area (Å²) in [6.45, 7) is 3.45. The van der Waals surface area contributed by atoms with Crippen LogP contribution in [-0.4, -0.2) is 27.1 Å². The molecular formula is C15H15N3O4. The van der Waals surface area contributed by atoms with E-state index in [9.17, 15) is 14.7 Å². The summed E-state index contributed by atoms with van der Waals surface area (Å²) in [6, 6.07) is 4.46. The summed E-state index contributed by atoms with van der Waals surface area (Å²) >= 11 is 0. The number of pyridine rings is 1. The standard InChI is InChI=1S/C15H15N3O4/c1-6-3-4-10(19)7(2)11(6)8-5-9(15(21)22)18-13(12(8)16)14(17)20/h3-5,19H,16H2,1-2H3,(H2,17,20)(H,21,22). The molecule has 7 heteroatoms. The molecule has 0 saturated carbocycles. The number of phenolic OH excluding ortho intramolecular Hbond substituents is 1. The number of primary amides is 1. The molecular weight excluding hydrogens is 286 g/mol. The third kappa shape index (κ3) is 2.44. The molecule has 6 N–H and O–H groups in total. The second-order valence-corrected chi connectivity index (χ2v) is 4.89. The SMILES string of the molecule is Cc1ccc(O)c(C)c1-c1cc(C(=O)O)nc(C(N)=O)c1N. The Kier molecular flexibility index (Phi) is 3.73. The molecule has 114 valence electrons. The van der Waals surface area contributed by atoms with Crippen molar-refractivity contribution in [2.24, 2.45) is 5.73 Å². The van der Waals surface area contributed by atoms with Crippen LogP contribution in [0.2, 0.25) is 0 Å². The number of benzene rings is 1. The van der Waals surface area contributed by atoms with Crippen LogP contribution >= 0.6 is 0 Å². The minimum Gasteiger partial charge on any atom is -0.508 e. The highest BCUT2D eigenvalue weighted by molar-refractivity contribution is 6.02. The van der Waals surface area contributed by atoms with Crippen molar-refractivity contribution >= 4 is 17.6 Å². The molecule has 1 heterocycles. The zero-order chi connectivity index (χ0) is 16.6. The van der Waals surface area contributed by atoms with Crippen molar-refractivity contribution in [3.05, 3.63) is 40.7 Å². The Balaban J connectivity index is 2.89. The number of carboxylic acids is 1. The smallest absolute Gasteiger partial charge is 0.354 e. The molecule has 7 nitrogen and oxygen atoms in total. The number of aromatic nitrogens is 1. The van der Waals surface area contributed by atoms with Gasteiger partial charge in [-0.05, 0) is 42.7 Å². The average molecular weight is 301 g/mol. The minimum absolute atomic E-state index is 0.0192. The molecule has 0 radical (unpaired) electrons. The first kappa shape index (κ1) is 15.3. The lowest BCUT2D eigenvalue weighted by atomic mass is 9.93. The molecule has 0 atom stereocenters. The summed E-state index contributed by atoms with van der Waals surface area (Å²) in [4.78, 5) is 26.3. The maximum absolute atomic E-state index is 11.5. The summed E-state index contributed by atoms with van der Waals surface area (Å²) in [5, 5.41) is 19.0. The molecule has 0 aliphatic carbocycles. The molecule has 0 unspecified atom stereocenters. The molecule has 2 aromatic rings. The van der Waals surface area contributed by atoms with Gasteiger partial charge in [0.2, 0.25) is 0 Å². The summed E-state index contributed by atoms with van der Waals surface area (Å²) in [7, 11) is 0. The van der Waals surface area contributed by atoms with Gasteiger partial charge in [0.05, 0.1) is 5.69 Å². The summed E-state index contributed by atoms with van der Waals surface area (Å²) in [6.07, 6.45) is 0. The van der Waals surface area contributed by atoms with Gasteiger partial charge in [-0.1, -0.05) is 6.07 Å². The Morgan fingerprint density at radius 1 is 1.23 bits per heavy atom. The lowest BCUT2D eigenvalue weighted by molar-refractivity contribution is 0.0690. The van der Waals surface area contributed by atoms with Crippen LogP contribution in [-0.2, 0) is 0 Å². The van der Waals surface area contributed by atoms with E-state index in [0.29, 0.717) is 16.7 Å². The van der Waals surface area contributed by atoms with Gasteiger partial charge in [-0.3, -0.25) is 4.79 Å². The fourth-order valence-corrected chi connectivity index (χ4v) is 2.31. The van der Waals surface area contributed by atoms with Crippen LogP contribution < -0.4 is 11.5 Å². The Labute approximate surface area is 126 Å². The van der Waals surface area contributed by atoms with E-state index in [4.69, 9.17) is 16.6 Å². The normalized spacial score (nSPS) is 10.5. The zero-order valence-corrected chi connectivity index (χ0v) is 12.0. The molecule has 1 aromatic carbocycles. The lowest BCUT2D eigenvalue weighted by Crippen LogP contribution is -2.18. The summed E-state index contributed by atoms with van der Waals surface area (Å²) < 4.78 is 0. The Morgan fingerprint density at radius 3 is 2.41 bits per heavy atom. The van der Waals surface area contributed by atoms with Crippen molar-refractivity contribution < 1.29 is 19.8 Å². The second kappa shape index (κ2) is 5.36. The van der Waals surface area contributed by atoms with E-state index in [1.54, 1.807) is 19.9 Å². The van der Waals surface area contributed by atoms with Crippen molar-refractivity contribution in [3.8, 4) is 16.9 Å². The molecule has 0 saturated heterocycles. The lowest BCUT2D eigenvalue weighted by Gasteiger charge is -2.15. The number of carbonyl (C=O) groups is 2. The number of nitrogens with two attached hydrogens (primary N) is 2. The number of rotatable bonds is 3. The van der Waals surface area contributed by atoms with Gasteiger partial charge in [0.15, 0.2) is 5.69 Å².